The summed E-state index contributed by atoms with van der Waals surface area (Å²) in [6.07, 6.45) is 0. The molecular weight excluding hydrogens is 297 g/mol. The van der Waals surface area contributed by atoms with E-state index in [0.717, 1.165) is 11.1 Å². The van der Waals surface area contributed by atoms with Gasteiger partial charge in [-0.3, -0.25) is 4.79 Å². The molecule has 118 valence electrons. The van der Waals surface area contributed by atoms with Crippen molar-refractivity contribution >= 4 is 11.9 Å². The molecule has 0 unspecified atom stereocenters. The number of carbonyl (C=O) groups excluding carboxylic acids is 2. The van der Waals surface area contributed by atoms with Gasteiger partial charge in [-0.05, 0) is 23.3 Å². The molecule has 3 rings (SSSR count). The molecule has 23 heavy (non-hydrogen) atoms. The summed E-state index contributed by atoms with van der Waals surface area (Å²) in [6.45, 7) is 0.246. The van der Waals surface area contributed by atoms with Crippen LogP contribution in [0.3, 0.4) is 0 Å². The van der Waals surface area contributed by atoms with E-state index in [1.807, 2.05) is 30.3 Å². The lowest BCUT2D eigenvalue weighted by Gasteiger charge is -2.21. The maximum absolute atomic E-state index is 13.2. The number of urea groups is 1. The summed E-state index contributed by atoms with van der Waals surface area (Å²) >= 11 is 0. The first-order chi connectivity index (χ1) is 11.1. The third kappa shape index (κ3) is 3.48. The summed E-state index contributed by atoms with van der Waals surface area (Å²) in [4.78, 5) is 23.6. The van der Waals surface area contributed by atoms with Gasteiger partial charge in [0.2, 0.25) is 5.91 Å². The zero-order chi connectivity index (χ0) is 16.2. The summed E-state index contributed by atoms with van der Waals surface area (Å²) in [6, 6.07) is 14.0. The van der Waals surface area contributed by atoms with Crippen molar-refractivity contribution in [3.05, 3.63) is 71.5 Å². The highest BCUT2D eigenvalue weighted by molar-refractivity contribution is 5.90. The van der Waals surface area contributed by atoms with Crippen molar-refractivity contribution in [1.29, 1.82) is 0 Å². The molecule has 2 atom stereocenters. The van der Waals surface area contributed by atoms with E-state index in [4.69, 9.17) is 0 Å². The van der Waals surface area contributed by atoms with Gasteiger partial charge in [0.1, 0.15) is 11.9 Å². The van der Waals surface area contributed by atoms with Gasteiger partial charge in [-0.2, -0.15) is 0 Å². The van der Waals surface area contributed by atoms with Crippen molar-refractivity contribution in [2.24, 2.45) is 0 Å². The van der Waals surface area contributed by atoms with E-state index in [2.05, 4.69) is 16.0 Å². The zero-order valence-corrected chi connectivity index (χ0v) is 12.3. The summed E-state index contributed by atoms with van der Waals surface area (Å²) in [5.41, 5.74) is 1.65. The first-order valence-corrected chi connectivity index (χ1v) is 7.28. The van der Waals surface area contributed by atoms with Crippen LogP contribution >= 0.6 is 0 Å². The van der Waals surface area contributed by atoms with Crippen LogP contribution in [0, 0.1) is 5.82 Å². The normalized spacial score (nSPS) is 18.0. The second-order valence-electron chi connectivity index (χ2n) is 5.31. The molecule has 2 aromatic carbocycles. The van der Waals surface area contributed by atoms with Crippen LogP contribution in [0.4, 0.5) is 9.18 Å². The van der Waals surface area contributed by atoms with Crippen LogP contribution in [0.2, 0.25) is 0 Å². The van der Waals surface area contributed by atoms with E-state index in [1.54, 1.807) is 12.1 Å². The van der Waals surface area contributed by atoms with E-state index in [9.17, 15) is 14.0 Å². The number of carbonyl (C=O) groups is 2. The Labute approximate surface area is 132 Å². The number of hydrogen-bond donors (Lipinski definition) is 3. The Balaban J connectivity index is 1.85. The predicted molar refractivity (Wildman–Crippen MR) is 83.2 cm³/mol. The number of nitrogens with one attached hydrogen (secondary N) is 3. The van der Waals surface area contributed by atoms with Crippen LogP contribution in [0.15, 0.2) is 54.6 Å². The first kappa shape index (κ1) is 15.0. The zero-order valence-electron chi connectivity index (χ0n) is 12.3. The van der Waals surface area contributed by atoms with E-state index in [-0.39, 0.29) is 24.3 Å². The predicted octanol–water partition coefficient (Wildman–Crippen LogP) is 1.71. The number of hydrogen-bond acceptors (Lipinski definition) is 2. The average molecular weight is 313 g/mol. The molecule has 2 aromatic rings. The van der Waals surface area contributed by atoms with E-state index in [0.29, 0.717) is 0 Å². The van der Waals surface area contributed by atoms with Gasteiger partial charge in [0.25, 0.3) is 0 Å². The van der Waals surface area contributed by atoms with Crippen molar-refractivity contribution in [2.45, 2.75) is 12.1 Å². The monoisotopic (exact) mass is 313 g/mol. The molecule has 1 heterocycles. The largest absolute Gasteiger partial charge is 0.343 e. The lowest BCUT2D eigenvalue weighted by molar-refractivity contribution is -0.122. The van der Waals surface area contributed by atoms with Crippen LogP contribution in [0.5, 0.6) is 0 Å². The topological polar surface area (TPSA) is 70.2 Å². The number of benzene rings is 2. The molecule has 0 saturated carbocycles. The molecule has 1 fully saturated rings. The fourth-order valence-electron chi connectivity index (χ4n) is 2.52. The third-order valence-electron chi connectivity index (χ3n) is 3.71. The van der Waals surface area contributed by atoms with Crippen molar-refractivity contribution in [1.82, 2.24) is 16.0 Å². The maximum Gasteiger partial charge on any atom is 0.315 e. The van der Waals surface area contributed by atoms with Crippen LogP contribution in [-0.4, -0.2) is 24.5 Å². The second kappa shape index (κ2) is 6.48. The van der Waals surface area contributed by atoms with Crippen molar-refractivity contribution in [2.75, 3.05) is 6.54 Å². The average Bonchev–Trinajstić information content (AvgIpc) is 3.01. The van der Waals surface area contributed by atoms with Gasteiger partial charge in [0.05, 0.1) is 6.04 Å². The molecule has 0 bridgehead atoms. The number of rotatable bonds is 4. The Hall–Kier alpha value is -2.89. The van der Waals surface area contributed by atoms with Crippen molar-refractivity contribution < 1.29 is 14.0 Å². The molecule has 1 aliphatic rings. The van der Waals surface area contributed by atoms with E-state index in [1.165, 1.54) is 12.1 Å². The number of halogens is 1. The lowest BCUT2D eigenvalue weighted by atomic mass is 9.98. The van der Waals surface area contributed by atoms with Gasteiger partial charge in [-0.25, -0.2) is 9.18 Å². The number of amides is 3. The molecule has 3 amide bonds. The van der Waals surface area contributed by atoms with E-state index >= 15 is 0 Å². The smallest absolute Gasteiger partial charge is 0.315 e. The Morgan fingerprint density at radius 1 is 1.09 bits per heavy atom. The standard InChI is InChI=1S/C17H16FN3O2/c18-13-8-6-12(7-9-13)15(11-4-2-1-3-5-11)21-16(22)14-10-19-17(23)20-14/h1-9,14-15H,10H2,(H,21,22)(H2,19,20,23)/t14-,15+/m1/s1. The highest BCUT2D eigenvalue weighted by Crippen LogP contribution is 2.22. The lowest BCUT2D eigenvalue weighted by Crippen LogP contribution is -2.44. The molecule has 5 nitrogen and oxygen atoms in total. The Morgan fingerprint density at radius 2 is 1.74 bits per heavy atom. The minimum absolute atomic E-state index is 0.246. The van der Waals surface area contributed by atoms with Crippen LogP contribution in [0.25, 0.3) is 0 Å². The van der Waals surface area contributed by atoms with Gasteiger partial charge in [-0.1, -0.05) is 42.5 Å². The summed E-state index contributed by atoms with van der Waals surface area (Å²) in [5, 5.41) is 8.01. The molecule has 0 aromatic heterocycles. The minimum Gasteiger partial charge on any atom is -0.343 e. The quantitative estimate of drug-likeness (QED) is 0.804. The van der Waals surface area contributed by atoms with Gasteiger partial charge in [-0.15, -0.1) is 0 Å². The summed E-state index contributed by atoms with van der Waals surface area (Å²) < 4.78 is 13.2. The van der Waals surface area contributed by atoms with Gasteiger partial charge < -0.3 is 16.0 Å². The van der Waals surface area contributed by atoms with Crippen molar-refractivity contribution in [3.63, 3.8) is 0 Å². The van der Waals surface area contributed by atoms with Gasteiger partial charge in [0, 0.05) is 6.54 Å². The molecule has 0 aliphatic carbocycles. The SMILES string of the molecule is O=C1NC[C@H](C(=O)N[C@@H](c2ccccc2)c2ccc(F)cc2)N1. The highest BCUT2D eigenvalue weighted by atomic mass is 19.1. The van der Waals surface area contributed by atoms with Crippen LogP contribution < -0.4 is 16.0 Å². The summed E-state index contributed by atoms with van der Waals surface area (Å²) in [7, 11) is 0. The summed E-state index contributed by atoms with van der Waals surface area (Å²) in [5.74, 6) is -0.624. The molecule has 3 N–H and O–H groups in total. The highest BCUT2D eigenvalue weighted by Gasteiger charge is 2.29. The van der Waals surface area contributed by atoms with Gasteiger partial charge in [0.15, 0.2) is 0 Å². The first-order valence-electron chi connectivity index (χ1n) is 7.28. The van der Waals surface area contributed by atoms with Crippen LogP contribution in [-0.2, 0) is 4.79 Å². The van der Waals surface area contributed by atoms with Crippen LogP contribution in [0.1, 0.15) is 17.2 Å². The molecule has 6 heteroatoms. The minimum atomic E-state index is -0.617. The molecule has 1 saturated heterocycles. The molecule has 0 spiro atoms. The Kier molecular flexibility index (Phi) is 4.23. The molecular formula is C17H16FN3O2. The van der Waals surface area contributed by atoms with Crippen molar-refractivity contribution in [3.8, 4) is 0 Å². The van der Waals surface area contributed by atoms with Gasteiger partial charge >= 0.3 is 6.03 Å². The molecule has 0 radical (unpaired) electrons. The molecule has 1 aliphatic heterocycles. The maximum atomic E-state index is 13.2. The Bertz CT molecular complexity index is 704. The third-order valence-corrected chi connectivity index (χ3v) is 3.71. The fourth-order valence-corrected chi connectivity index (χ4v) is 2.52. The fraction of sp³-hybridized carbons (Fsp3) is 0.176. The second-order valence-corrected chi connectivity index (χ2v) is 5.31. The van der Waals surface area contributed by atoms with E-state index < -0.39 is 12.1 Å². The Morgan fingerprint density at radius 3 is 2.35 bits per heavy atom.